The lowest BCUT2D eigenvalue weighted by atomic mass is 10.1. The molecule has 0 bridgehead atoms. The summed E-state index contributed by atoms with van der Waals surface area (Å²) in [5.41, 5.74) is 6.92. The van der Waals surface area contributed by atoms with Crippen LogP contribution in [0.4, 0.5) is 0 Å². The summed E-state index contributed by atoms with van der Waals surface area (Å²) in [6, 6.07) is 15.4. The van der Waals surface area contributed by atoms with Crippen molar-refractivity contribution >= 4 is 11.7 Å². The molecule has 0 heterocycles. The van der Waals surface area contributed by atoms with Gasteiger partial charge in [0.2, 0.25) is 0 Å². The number of ether oxygens (including phenoxy) is 1. The number of carboxylic acids is 1. The van der Waals surface area contributed by atoms with E-state index in [9.17, 15) is 4.79 Å². The molecule has 0 unspecified atom stereocenters. The lowest BCUT2D eigenvalue weighted by Gasteiger charge is -2.12. The van der Waals surface area contributed by atoms with Crippen LogP contribution >= 0.6 is 0 Å². The van der Waals surface area contributed by atoms with Crippen molar-refractivity contribution in [2.75, 3.05) is 13.2 Å². The van der Waals surface area contributed by atoms with Crippen molar-refractivity contribution in [2.24, 2.45) is 0 Å². The summed E-state index contributed by atoms with van der Waals surface area (Å²) in [7, 11) is 0. The minimum atomic E-state index is -0.861. The third-order valence-electron chi connectivity index (χ3n) is 3.85. The van der Waals surface area contributed by atoms with E-state index in [4.69, 9.17) is 14.7 Å². The summed E-state index contributed by atoms with van der Waals surface area (Å²) >= 11 is 0. The SMILES string of the molecule is CC=C(NOCCOc1cccc(CC(=O)O)c1)c1ccc(CC)cc1. The number of hydrogen-bond donors (Lipinski definition) is 2. The Kier molecular flexibility index (Phi) is 7.71. The van der Waals surface area contributed by atoms with Gasteiger partial charge in [0, 0.05) is 0 Å². The molecule has 138 valence electrons. The van der Waals surface area contributed by atoms with Crippen LogP contribution in [0.2, 0.25) is 0 Å². The number of rotatable bonds is 10. The molecule has 26 heavy (non-hydrogen) atoms. The maximum absolute atomic E-state index is 10.7. The van der Waals surface area contributed by atoms with E-state index in [1.807, 2.05) is 13.0 Å². The molecule has 0 atom stereocenters. The van der Waals surface area contributed by atoms with Crippen molar-refractivity contribution in [3.63, 3.8) is 0 Å². The highest BCUT2D eigenvalue weighted by Gasteiger charge is 2.03. The zero-order chi connectivity index (χ0) is 18.8. The number of aliphatic carboxylic acids is 1. The molecule has 5 nitrogen and oxygen atoms in total. The molecule has 2 rings (SSSR count). The van der Waals surface area contributed by atoms with Crippen molar-refractivity contribution in [1.29, 1.82) is 0 Å². The first kappa shape index (κ1) is 19.5. The third kappa shape index (κ3) is 6.26. The second kappa shape index (κ2) is 10.3. The van der Waals surface area contributed by atoms with Crippen molar-refractivity contribution in [3.8, 4) is 5.75 Å². The average Bonchev–Trinajstić information content (AvgIpc) is 2.65. The molecule has 2 N–H and O–H groups in total. The van der Waals surface area contributed by atoms with Crippen LogP contribution in [-0.2, 0) is 22.5 Å². The van der Waals surface area contributed by atoms with Gasteiger partial charge in [-0.15, -0.1) is 0 Å². The Morgan fingerprint density at radius 2 is 1.88 bits per heavy atom. The van der Waals surface area contributed by atoms with Gasteiger partial charge in [0.15, 0.2) is 0 Å². The van der Waals surface area contributed by atoms with Gasteiger partial charge in [0.25, 0.3) is 0 Å². The molecule has 2 aromatic rings. The predicted octanol–water partition coefficient (Wildman–Crippen LogP) is 3.84. The van der Waals surface area contributed by atoms with Crippen LogP contribution in [0.3, 0.4) is 0 Å². The molecular formula is C21H25NO4. The predicted molar refractivity (Wildman–Crippen MR) is 102 cm³/mol. The van der Waals surface area contributed by atoms with Gasteiger partial charge in [-0.3, -0.25) is 15.1 Å². The Balaban J connectivity index is 1.76. The number of hydroxylamine groups is 1. The molecule has 0 amide bonds. The monoisotopic (exact) mass is 355 g/mol. The summed E-state index contributed by atoms with van der Waals surface area (Å²) in [6.07, 6.45) is 2.95. The Morgan fingerprint density at radius 3 is 2.54 bits per heavy atom. The quantitative estimate of drug-likeness (QED) is 0.501. The maximum Gasteiger partial charge on any atom is 0.307 e. The Hall–Kier alpha value is -2.79. The first-order valence-electron chi connectivity index (χ1n) is 8.69. The smallest absolute Gasteiger partial charge is 0.307 e. The van der Waals surface area contributed by atoms with Gasteiger partial charge >= 0.3 is 5.97 Å². The van der Waals surface area contributed by atoms with Crippen molar-refractivity contribution < 1.29 is 19.5 Å². The van der Waals surface area contributed by atoms with E-state index in [2.05, 4.69) is 36.7 Å². The first-order chi connectivity index (χ1) is 12.6. The maximum atomic E-state index is 10.7. The fraction of sp³-hybridized carbons (Fsp3) is 0.286. The number of carbonyl (C=O) groups is 1. The Bertz CT molecular complexity index is 738. The molecule has 5 heteroatoms. The number of nitrogens with one attached hydrogen (secondary N) is 1. The molecular weight excluding hydrogens is 330 g/mol. The van der Waals surface area contributed by atoms with Crippen LogP contribution in [0.25, 0.3) is 5.70 Å². The van der Waals surface area contributed by atoms with Crippen molar-refractivity contribution in [2.45, 2.75) is 26.7 Å². The third-order valence-corrected chi connectivity index (χ3v) is 3.85. The van der Waals surface area contributed by atoms with E-state index < -0.39 is 5.97 Å². The number of allylic oxidation sites excluding steroid dienone is 1. The summed E-state index contributed by atoms with van der Waals surface area (Å²) in [4.78, 5) is 16.2. The normalized spacial score (nSPS) is 11.2. The summed E-state index contributed by atoms with van der Waals surface area (Å²) < 4.78 is 5.60. The lowest BCUT2D eigenvalue weighted by Crippen LogP contribution is -2.17. The van der Waals surface area contributed by atoms with Gasteiger partial charge in [-0.2, -0.15) is 0 Å². The zero-order valence-corrected chi connectivity index (χ0v) is 15.2. The fourth-order valence-corrected chi connectivity index (χ4v) is 2.45. The van der Waals surface area contributed by atoms with Crippen LogP contribution in [0.5, 0.6) is 5.75 Å². The van der Waals surface area contributed by atoms with E-state index >= 15 is 0 Å². The molecule has 0 fully saturated rings. The van der Waals surface area contributed by atoms with Crippen molar-refractivity contribution in [1.82, 2.24) is 5.48 Å². The largest absolute Gasteiger partial charge is 0.491 e. The van der Waals surface area contributed by atoms with E-state index in [0.29, 0.717) is 24.5 Å². The molecule has 0 aromatic heterocycles. The first-order valence-corrected chi connectivity index (χ1v) is 8.69. The standard InChI is InChI=1S/C21H25NO4/c1-3-16-8-10-18(11-9-16)20(4-2)22-26-13-12-25-19-7-5-6-17(14-19)15-21(23)24/h4-11,14,22H,3,12-13,15H2,1-2H3,(H,23,24). The van der Waals surface area contributed by atoms with Crippen LogP contribution in [0.1, 0.15) is 30.5 Å². The number of benzene rings is 2. The second-order valence-corrected chi connectivity index (χ2v) is 5.77. The molecule has 0 aliphatic heterocycles. The molecule has 0 saturated carbocycles. The van der Waals surface area contributed by atoms with Crippen molar-refractivity contribution in [3.05, 3.63) is 71.3 Å². The van der Waals surface area contributed by atoms with Gasteiger partial charge in [-0.05, 0) is 42.2 Å². The van der Waals surface area contributed by atoms with Crippen LogP contribution < -0.4 is 10.2 Å². The molecule has 0 spiro atoms. The highest BCUT2D eigenvalue weighted by Crippen LogP contribution is 2.15. The summed E-state index contributed by atoms with van der Waals surface area (Å²) in [5.74, 6) is -0.228. The van der Waals surface area contributed by atoms with Gasteiger partial charge in [0.1, 0.15) is 19.0 Å². The number of aryl methyl sites for hydroxylation is 1. The molecule has 0 aliphatic rings. The molecule has 0 radical (unpaired) electrons. The van der Waals surface area contributed by atoms with Gasteiger partial charge in [-0.25, -0.2) is 0 Å². The van der Waals surface area contributed by atoms with E-state index in [1.54, 1.807) is 24.3 Å². The number of hydrogen-bond acceptors (Lipinski definition) is 4. The van der Waals surface area contributed by atoms with Gasteiger partial charge in [0.05, 0.1) is 12.1 Å². The average molecular weight is 355 g/mol. The van der Waals surface area contributed by atoms with E-state index in [1.165, 1.54) is 5.56 Å². The summed E-state index contributed by atoms with van der Waals surface area (Å²) in [6.45, 7) is 4.79. The van der Waals surface area contributed by atoms with Gasteiger partial charge in [-0.1, -0.05) is 49.4 Å². The molecule has 2 aromatic carbocycles. The minimum Gasteiger partial charge on any atom is -0.491 e. The highest BCUT2D eigenvalue weighted by atomic mass is 16.7. The van der Waals surface area contributed by atoms with Crippen LogP contribution in [-0.4, -0.2) is 24.3 Å². The minimum absolute atomic E-state index is 0.0171. The lowest BCUT2D eigenvalue weighted by molar-refractivity contribution is -0.136. The van der Waals surface area contributed by atoms with Crippen LogP contribution in [0, 0.1) is 0 Å². The molecule has 0 aliphatic carbocycles. The second-order valence-electron chi connectivity index (χ2n) is 5.77. The summed E-state index contributed by atoms with van der Waals surface area (Å²) in [5, 5.41) is 8.83. The highest BCUT2D eigenvalue weighted by molar-refractivity contribution is 5.70. The fourth-order valence-electron chi connectivity index (χ4n) is 2.45. The van der Waals surface area contributed by atoms with Gasteiger partial charge < -0.3 is 9.84 Å². The Labute approximate surface area is 154 Å². The zero-order valence-electron chi connectivity index (χ0n) is 15.2. The van der Waals surface area contributed by atoms with E-state index in [0.717, 1.165) is 17.7 Å². The number of carboxylic acid groups (broad SMARTS) is 1. The van der Waals surface area contributed by atoms with Crippen LogP contribution in [0.15, 0.2) is 54.6 Å². The molecule has 0 saturated heterocycles. The Morgan fingerprint density at radius 1 is 1.12 bits per heavy atom. The van der Waals surface area contributed by atoms with E-state index in [-0.39, 0.29) is 6.42 Å². The topological polar surface area (TPSA) is 67.8 Å².